The molecule has 0 saturated heterocycles. The fourth-order valence-corrected chi connectivity index (χ4v) is 4.77. The number of aromatic nitrogens is 2. The molecule has 0 saturated carbocycles. The van der Waals surface area contributed by atoms with E-state index in [0.29, 0.717) is 41.3 Å². The molecule has 0 aliphatic heterocycles. The zero-order chi connectivity index (χ0) is 27.7. The topological polar surface area (TPSA) is 44.1 Å². The molecule has 0 fully saturated rings. The third-order valence-corrected chi connectivity index (χ3v) is 6.73. The molecular formula is C35H31FN2O2. The summed E-state index contributed by atoms with van der Waals surface area (Å²) in [5.74, 6) is 0.337. The first-order chi connectivity index (χ1) is 19.6. The predicted octanol–water partition coefficient (Wildman–Crippen LogP) is 7.74. The van der Waals surface area contributed by atoms with Crippen LogP contribution >= 0.6 is 0 Å². The molecule has 4 aromatic carbocycles. The fraction of sp³-hybridized carbons (Fsp3) is 0.143. The van der Waals surface area contributed by atoms with E-state index < -0.39 is 0 Å². The Kier molecular flexibility index (Phi) is 8.62. The predicted molar refractivity (Wildman–Crippen MR) is 160 cm³/mol. The first-order valence-corrected chi connectivity index (χ1v) is 13.4. The van der Waals surface area contributed by atoms with Crippen LogP contribution in [-0.2, 0) is 19.6 Å². The van der Waals surface area contributed by atoms with Crippen LogP contribution in [0, 0.1) is 12.7 Å². The van der Waals surface area contributed by atoms with Gasteiger partial charge in [0.05, 0.1) is 11.3 Å². The molecule has 0 spiro atoms. The second-order valence-electron chi connectivity index (χ2n) is 9.65. The minimum atomic E-state index is -0.328. The van der Waals surface area contributed by atoms with Crippen molar-refractivity contribution in [2.45, 2.75) is 32.9 Å². The van der Waals surface area contributed by atoms with Gasteiger partial charge in [0, 0.05) is 17.7 Å². The van der Waals surface area contributed by atoms with Crippen LogP contribution in [0.3, 0.4) is 0 Å². The van der Waals surface area contributed by atoms with E-state index in [-0.39, 0.29) is 11.4 Å². The third-order valence-electron chi connectivity index (χ3n) is 6.73. The first-order valence-electron chi connectivity index (χ1n) is 13.4. The second-order valence-corrected chi connectivity index (χ2v) is 9.65. The Balaban J connectivity index is 1.53. The highest BCUT2D eigenvalue weighted by Crippen LogP contribution is 2.34. The Morgan fingerprint density at radius 3 is 2.27 bits per heavy atom. The van der Waals surface area contributed by atoms with Crippen molar-refractivity contribution in [3.63, 3.8) is 0 Å². The van der Waals surface area contributed by atoms with E-state index in [0.717, 1.165) is 24.0 Å². The first kappa shape index (κ1) is 26.8. The molecule has 5 heteroatoms. The molecular weight excluding hydrogens is 499 g/mol. The van der Waals surface area contributed by atoms with Crippen molar-refractivity contribution in [1.29, 1.82) is 0 Å². The maximum atomic E-state index is 13.9. The molecule has 0 unspecified atom stereocenters. The highest BCUT2D eigenvalue weighted by atomic mass is 19.1. The Morgan fingerprint density at radius 1 is 0.825 bits per heavy atom. The van der Waals surface area contributed by atoms with Gasteiger partial charge in [0.15, 0.2) is 0 Å². The van der Waals surface area contributed by atoms with E-state index in [2.05, 4.69) is 12.1 Å². The number of hydrogen-bond acceptors (Lipinski definition) is 3. The molecule has 5 rings (SSSR count). The van der Waals surface area contributed by atoms with Gasteiger partial charge in [-0.2, -0.15) is 5.10 Å². The van der Waals surface area contributed by atoms with Crippen molar-refractivity contribution in [1.82, 2.24) is 9.78 Å². The molecule has 1 aromatic heterocycles. The lowest BCUT2D eigenvalue weighted by molar-refractivity contribution is 0.307. The van der Waals surface area contributed by atoms with E-state index in [1.807, 2.05) is 85.8 Å². The van der Waals surface area contributed by atoms with Crippen LogP contribution < -0.4 is 10.3 Å². The monoisotopic (exact) mass is 530 g/mol. The van der Waals surface area contributed by atoms with Gasteiger partial charge in [0.1, 0.15) is 18.2 Å². The van der Waals surface area contributed by atoms with Crippen molar-refractivity contribution in [2.75, 3.05) is 0 Å². The number of nitrogens with zero attached hydrogens (tertiary/aromatic N) is 2. The molecule has 0 amide bonds. The molecule has 5 aromatic rings. The van der Waals surface area contributed by atoms with Crippen LogP contribution in [0.15, 0.2) is 114 Å². The summed E-state index contributed by atoms with van der Waals surface area (Å²) < 4.78 is 21.7. The standard InChI is InChI=1S/C35H31FN2O2/c1-26-34(31-19-8-9-20-33(31)40-25-29-14-6-3-7-15-29)32(22-21-28-16-10-18-30(36)24-28)35(39)38(37-26)23-11-17-27-12-4-2-5-13-27/h2-10,12-16,18-22,24H,11,17,23,25H2,1H3. The number of halogens is 1. The molecule has 200 valence electrons. The summed E-state index contributed by atoms with van der Waals surface area (Å²) >= 11 is 0. The molecule has 0 N–H and O–H groups in total. The fourth-order valence-electron chi connectivity index (χ4n) is 4.77. The molecule has 0 atom stereocenters. The van der Waals surface area contributed by atoms with Crippen LogP contribution in [0.1, 0.15) is 34.4 Å². The van der Waals surface area contributed by atoms with E-state index in [1.54, 1.807) is 22.9 Å². The second kappa shape index (κ2) is 12.9. The van der Waals surface area contributed by atoms with Crippen molar-refractivity contribution in [2.24, 2.45) is 0 Å². The number of rotatable bonds is 10. The van der Waals surface area contributed by atoms with Gasteiger partial charge in [0.2, 0.25) is 0 Å². The third kappa shape index (κ3) is 6.62. The maximum absolute atomic E-state index is 13.9. The zero-order valence-corrected chi connectivity index (χ0v) is 22.5. The van der Waals surface area contributed by atoms with Gasteiger partial charge in [-0.3, -0.25) is 4.79 Å². The Bertz CT molecular complexity index is 1660. The molecule has 0 bridgehead atoms. The van der Waals surface area contributed by atoms with Crippen LogP contribution in [0.2, 0.25) is 0 Å². The lowest BCUT2D eigenvalue weighted by atomic mass is 9.97. The van der Waals surface area contributed by atoms with Gasteiger partial charge >= 0.3 is 0 Å². The van der Waals surface area contributed by atoms with E-state index in [9.17, 15) is 9.18 Å². The number of ether oxygens (including phenoxy) is 1. The average Bonchev–Trinajstić information content (AvgIpc) is 2.98. The summed E-state index contributed by atoms with van der Waals surface area (Å²) in [5.41, 5.74) is 5.45. The van der Waals surface area contributed by atoms with Crippen LogP contribution in [0.4, 0.5) is 4.39 Å². The number of aryl methyl sites for hydroxylation is 3. The summed E-state index contributed by atoms with van der Waals surface area (Å²) in [5, 5.41) is 4.72. The van der Waals surface area contributed by atoms with Crippen molar-refractivity contribution in [3.8, 4) is 16.9 Å². The largest absolute Gasteiger partial charge is 0.488 e. The number of hydrogen-bond donors (Lipinski definition) is 0. The van der Waals surface area contributed by atoms with Crippen molar-refractivity contribution >= 4 is 12.2 Å². The summed E-state index contributed by atoms with van der Waals surface area (Å²) in [6, 6.07) is 34.2. The van der Waals surface area contributed by atoms with E-state index in [1.165, 1.54) is 17.7 Å². The molecule has 40 heavy (non-hydrogen) atoms. The van der Waals surface area contributed by atoms with Crippen LogP contribution in [0.25, 0.3) is 23.3 Å². The van der Waals surface area contributed by atoms with Gasteiger partial charge in [-0.15, -0.1) is 0 Å². The van der Waals surface area contributed by atoms with E-state index in [4.69, 9.17) is 9.84 Å². The zero-order valence-electron chi connectivity index (χ0n) is 22.5. The highest BCUT2D eigenvalue weighted by molar-refractivity contribution is 5.84. The lowest BCUT2D eigenvalue weighted by Gasteiger charge is -2.17. The molecule has 0 aliphatic carbocycles. The molecule has 4 nitrogen and oxygen atoms in total. The van der Waals surface area contributed by atoms with Gasteiger partial charge in [0.25, 0.3) is 5.56 Å². The molecule has 0 aliphatic rings. The summed E-state index contributed by atoms with van der Waals surface area (Å²) in [6.45, 7) is 2.80. The van der Waals surface area contributed by atoms with Gasteiger partial charge in [-0.1, -0.05) is 97.1 Å². The number of para-hydroxylation sites is 1. The summed E-state index contributed by atoms with van der Waals surface area (Å²) in [4.78, 5) is 13.9. The maximum Gasteiger partial charge on any atom is 0.274 e. The van der Waals surface area contributed by atoms with Gasteiger partial charge in [-0.25, -0.2) is 9.07 Å². The average molecular weight is 531 g/mol. The minimum absolute atomic E-state index is 0.195. The number of benzene rings is 4. The van der Waals surface area contributed by atoms with Crippen molar-refractivity contribution in [3.05, 3.63) is 153 Å². The van der Waals surface area contributed by atoms with Gasteiger partial charge < -0.3 is 4.74 Å². The molecule has 0 radical (unpaired) electrons. The van der Waals surface area contributed by atoms with Crippen LogP contribution in [-0.4, -0.2) is 9.78 Å². The quantitative estimate of drug-likeness (QED) is 0.186. The molecule has 1 heterocycles. The summed E-state index contributed by atoms with van der Waals surface area (Å²) in [6.07, 6.45) is 5.16. The minimum Gasteiger partial charge on any atom is -0.488 e. The smallest absolute Gasteiger partial charge is 0.274 e. The SMILES string of the molecule is Cc1nn(CCCc2ccccc2)c(=O)c(C=Cc2cccc(F)c2)c1-c1ccccc1OCc1ccccc1. The Labute approximate surface area is 234 Å². The lowest BCUT2D eigenvalue weighted by Crippen LogP contribution is -2.27. The summed E-state index contributed by atoms with van der Waals surface area (Å²) in [7, 11) is 0. The Morgan fingerprint density at radius 2 is 1.52 bits per heavy atom. The highest BCUT2D eigenvalue weighted by Gasteiger charge is 2.18. The normalized spacial score (nSPS) is 11.2. The van der Waals surface area contributed by atoms with E-state index >= 15 is 0 Å². The van der Waals surface area contributed by atoms with Crippen LogP contribution in [0.5, 0.6) is 5.75 Å². The van der Waals surface area contributed by atoms with Gasteiger partial charge in [-0.05, 0) is 60.7 Å². The Hall–Kier alpha value is -4.77. The van der Waals surface area contributed by atoms with Crippen molar-refractivity contribution < 1.29 is 9.13 Å².